The zero-order valence-corrected chi connectivity index (χ0v) is 11.7. The Morgan fingerprint density at radius 2 is 2.29 bits per heavy atom. The molecule has 0 radical (unpaired) electrons. The highest BCUT2D eigenvalue weighted by atomic mass is 79.9. The van der Waals surface area contributed by atoms with E-state index in [1.807, 2.05) is 6.07 Å². The van der Waals surface area contributed by atoms with Gasteiger partial charge in [-0.05, 0) is 28.1 Å². The summed E-state index contributed by atoms with van der Waals surface area (Å²) in [5.41, 5.74) is 6.90. The first-order valence-electron chi connectivity index (χ1n) is 5.05. The molecule has 90 valence electrons. The summed E-state index contributed by atoms with van der Waals surface area (Å²) in [4.78, 5) is 9.35. The Hall–Kier alpha value is -0.980. The molecule has 4 nitrogen and oxygen atoms in total. The molecule has 2 aromatic heterocycles. The fourth-order valence-electron chi connectivity index (χ4n) is 1.45. The highest BCUT2D eigenvalue weighted by Crippen LogP contribution is 2.25. The summed E-state index contributed by atoms with van der Waals surface area (Å²) < 4.78 is 6.16. The molecular weight excluding hydrogens is 302 g/mol. The molecule has 0 aliphatic heterocycles. The Morgan fingerprint density at radius 3 is 2.94 bits per heavy atom. The van der Waals surface area contributed by atoms with E-state index in [0.29, 0.717) is 5.88 Å². The number of thiophene rings is 1. The Morgan fingerprint density at radius 1 is 1.47 bits per heavy atom. The minimum absolute atomic E-state index is 0.141. The van der Waals surface area contributed by atoms with E-state index in [1.165, 1.54) is 11.2 Å². The number of nitrogens with two attached hydrogens (primary N) is 1. The van der Waals surface area contributed by atoms with Crippen LogP contribution in [0.1, 0.15) is 16.6 Å². The van der Waals surface area contributed by atoms with Crippen molar-refractivity contribution in [1.82, 2.24) is 9.97 Å². The van der Waals surface area contributed by atoms with Gasteiger partial charge in [-0.3, -0.25) is 0 Å². The number of halogens is 1. The van der Waals surface area contributed by atoms with E-state index in [2.05, 4.69) is 32.0 Å². The Bertz CT molecular complexity index is 503. The zero-order valence-electron chi connectivity index (χ0n) is 9.26. The van der Waals surface area contributed by atoms with Crippen LogP contribution in [0.5, 0.6) is 5.88 Å². The van der Waals surface area contributed by atoms with Crippen LogP contribution in [-0.2, 0) is 6.42 Å². The Kier molecular flexibility index (Phi) is 4.09. The molecule has 1 unspecified atom stereocenters. The SMILES string of the molecule is COc1cc(C(N)Cc2ccc(Br)s2)ncn1. The lowest BCUT2D eigenvalue weighted by Gasteiger charge is -2.10. The average Bonchev–Trinajstić information content (AvgIpc) is 2.75. The van der Waals surface area contributed by atoms with Gasteiger partial charge in [-0.2, -0.15) is 0 Å². The molecule has 0 spiro atoms. The summed E-state index contributed by atoms with van der Waals surface area (Å²) in [5, 5.41) is 0. The van der Waals surface area contributed by atoms with Crippen molar-refractivity contribution in [3.05, 3.63) is 38.9 Å². The third kappa shape index (κ3) is 3.24. The van der Waals surface area contributed by atoms with E-state index in [9.17, 15) is 0 Å². The van der Waals surface area contributed by atoms with Gasteiger partial charge in [-0.25, -0.2) is 9.97 Å². The molecule has 0 amide bonds. The first-order chi connectivity index (χ1) is 8.19. The van der Waals surface area contributed by atoms with Gasteiger partial charge in [0.2, 0.25) is 5.88 Å². The lowest BCUT2D eigenvalue weighted by Crippen LogP contribution is -2.14. The van der Waals surface area contributed by atoms with E-state index in [1.54, 1.807) is 24.5 Å². The van der Waals surface area contributed by atoms with Crippen LogP contribution in [0, 0.1) is 0 Å². The summed E-state index contributed by atoms with van der Waals surface area (Å²) in [7, 11) is 1.58. The number of hydrogen-bond acceptors (Lipinski definition) is 5. The monoisotopic (exact) mass is 313 g/mol. The number of hydrogen-bond donors (Lipinski definition) is 1. The maximum absolute atomic E-state index is 6.11. The van der Waals surface area contributed by atoms with Crippen LogP contribution in [0.2, 0.25) is 0 Å². The van der Waals surface area contributed by atoms with Crippen LogP contribution in [-0.4, -0.2) is 17.1 Å². The van der Waals surface area contributed by atoms with Gasteiger partial charge in [0.05, 0.1) is 22.6 Å². The van der Waals surface area contributed by atoms with Gasteiger partial charge in [0.15, 0.2) is 0 Å². The molecule has 2 rings (SSSR count). The predicted molar refractivity (Wildman–Crippen MR) is 71.2 cm³/mol. The molecule has 0 aromatic carbocycles. The third-order valence-corrected chi connectivity index (χ3v) is 3.95. The smallest absolute Gasteiger partial charge is 0.216 e. The predicted octanol–water partition coefficient (Wildman–Crippen LogP) is 2.55. The number of ether oxygens (including phenoxy) is 1. The van der Waals surface area contributed by atoms with Crippen molar-refractivity contribution in [2.75, 3.05) is 7.11 Å². The lowest BCUT2D eigenvalue weighted by atomic mass is 10.1. The van der Waals surface area contributed by atoms with Crippen LogP contribution in [0.3, 0.4) is 0 Å². The molecule has 2 N–H and O–H groups in total. The molecule has 1 atom stereocenters. The highest BCUT2D eigenvalue weighted by Gasteiger charge is 2.11. The van der Waals surface area contributed by atoms with E-state index in [0.717, 1.165) is 15.9 Å². The van der Waals surface area contributed by atoms with Gasteiger partial charge >= 0.3 is 0 Å². The van der Waals surface area contributed by atoms with Gasteiger partial charge < -0.3 is 10.5 Å². The molecule has 17 heavy (non-hydrogen) atoms. The molecule has 6 heteroatoms. The molecule has 0 aliphatic rings. The quantitative estimate of drug-likeness (QED) is 0.942. The minimum atomic E-state index is -0.141. The van der Waals surface area contributed by atoms with Gasteiger partial charge in [-0.1, -0.05) is 0 Å². The van der Waals surface area contributed by atoms with Crippen molar-refractivity contribution in [3.63, 3.8) is 0 Å². The second-order valence-corrected chi connectivity index (χ2v) is 6.05. The number of rotatable bonds is 4. The Balaban J connectivity index is 2.11. The number of methoxy groups -OCH3 is 1. The fourth-order valence-corrected chi connectivity index (χ4v) is 2.99. The largest absolute Gasteiger partial charge is 0.481 e. The van der Waals surface area contributed by atoms with E-state index in [-0.39, 0.29) is 6.04 Å². The summed E-state index contributed by atoms with van der Waals surface area (Å²) >= 11 is 5.12. The minimum Gasteiger partial charge on any atom is -0.481 e. The summed E-state index contributed by atoms with van der Waals surface area (Å²) in [5.74, 6) is 0.540. The molecule has 2 aromatic rings. The van der Waals surface area contributed by atoms with Gasteiger partial charge in [0.1, 0.15) is 6.33 Å². The average molecular weight is 314 g/mol. The molecular formula is C11H12BrN3OS. The van der Waals surface area contributed by atoms with Gasteiger partial charge in [0.25, 0.3) is 0 Å². The molecule has 0 bridgehead atoms. The number of nitrogens with zero attached hydrogens (tertiary/aromatic N) is 2. The van der Waals surface area contributed by atoms with Crippen molar-refractivity contribution >= 4 is 27.3 Å². The molecule has 0 saturated heterocycles. The molecule has 0 fully saturated rings. The lowest BCUT2D eigenvalue weighted by molar-refractivity contribution is 0.395. The normalized spacial score (nSPS) is 12.4. The van der Waals surface area contributed by atoms with Crippen molar-refractivity contribution < 1.29 is 4.74 Å². The molecule has 2 heterocycles. The Labute approximate surface area is 112 Å². The number of aromatic nitrogens is 2. The zero-order chi connectivity index (χ0) is 12.3. The van der Waals surface area contributed by atoms with E-state index in [4.69, 9.17) is 10.5 Å². The molecule has 0 aliphatic carbocycles. The van der Waals surface area contributed by atoms with Crippen LogP contribution in [0.15, 0.2) is 28.3 Å². The van der Waals surface area contributed by atoms with Crippen molar-refractivity contribution in [2.45, 2.75) is 12.5 Å². The maximum atomic E-state index is 6.11. The van der Waals surface area contributed by atoms with Crippen LogP contribution >= 0.6 is 27.3 Å². The summed E-state index contributed by atoms with van der Waals surface area (Å²) in [6, 6.07) is 5.71. The van der Waals surface area contributed by atoms with Gasteiger partial charge in [-0.15, -0.1) is 11.3 Å². The second-order valence-electron chi connectivity index (χ2n) is 3.50. The first-order valence-corrected chi connectivity index (χ1v) is 6.65. The fraction of sp³-hybridized carbons (Fsp3) is 0.273. The van der Waals surface area contributed by atoms with Crippen molar-refractivity contribution in [3.8, 4) is 5.88 Å². The van der Waals surface area contributed by atoms with Crippen LogP contribution in [0.4, 0.5) is 0 Å². The summed E-state index contributed by atoms with van der Waals surface area (Å²) in [6.07, 6.45) is 2.23. The van der Waals surface area contributed by atoms with E-state index < -0.39 is 0 Å². The van der Waals surface area contributed by atoms with Gasteiger partial charge in [0, 0.05) is 17.4 Å². The van der Waals surface area contributed by atoms with Crippen LogP contribution in [0.25, 0.3) is 0 Å². The second kappa shape index (κ2) is 5.57. The summed E-state index contributed by atoms with van der Waals surface area (Å²) in [6.45, 7) is 0. The first kappa shape index (κ1) is 12.5. The molecule has 0 saturated carbocycles. The van der Waals surface area contributed by atoms with E-state index >= 15 is 0 Å². The van der Waals surface area contributed by atoms with Crippen LogP contribution < -0.4 is 10.5 Å². The highest BCUT2D eigenvalue weighted by molar-refractivity contribution is 9.11. The maximum Gasteiger partial charge on any atom is 0.216 e. The topological polar surface area (TPSA) is 61.0 Å². The van der Waals surface area contributed by atoms with Crippen molar-refractivity contribution in [2.24, 2.45) is 5.73 Å². The van der Waals surface area contributed by atoms with Crippen molar-refractivity contribution in [1.29, 1.82) is 0 Å². The third-order valence-electron chi connectivity index (χ3n) is 2.30. The standard InChI is InChI=1S/C11H12BrN3OS/c1-16-11-5-9(14-6-15-11)8(13)4-7-2-3-10(12)17-7/h2-3,5-6,8H,4,13H2,1H3.